The monoisotopic (exact) mass is 125 g/mol. The molecule has 1 rings (SSSR count). The number of hydrogen-bond donors (Lipinski definition) is 0. The van der Waals surface area contributed by atoms with Crippen LogP contribution in [-0.2, 0) is 7.05 Å². The fourth-order valence-electron chi connectivity index (χ4n) is 0.578. The minimum atomic E-state index is -0.472. The standard InChI is InChI=1S/C5H5N2O2/c1-6-4-2-3-5(6)7(8)9/h2,4H,1H3. The quantitative estimate of drug-likeness (QED) is 0.410. The molecule has 4 heteroatoms. The third kappa shape index (κ3) is 0.910. The van der Waals surface area contributed by atoms with Gasteiger partial charge in [-0.3, -0.25) is 0 Å². The second kappa shape index (κ2) is 1.89. The summed E-state index contributed by atoms with van der Waals surface area (Å²) in [6.07, 6.45) is 1.58. The third-order valence-electron chi connectivity index (χ3n) is 1.02. The highest BCUT2D eigenvalue weighted by Crippen LogP contribution is 2.06. The van der Waals surface area contributed by atoms with Crippen LogP contribution in [0.25, 0.3) is 0 Å². The Hall–Kier alpha value is -1.32. The average molecular weight is 125 g/mol. The van der Waals surface area contributed by atoms with Gasteiger partial charge in [0.2, 0.25) is 0 Å². The fourth-order valence-corrected chi connectivity index (χ4v) is 0.578. The van der Waals surface area contributed by atoms with Gasteiger partial charge in [-0.25, -0.2) is 4.57 Å². The van der Waals surface area contributed by atoms with Crippen LogP contribution >= 0.6 is 0 Å². The van der Waals surface area contributed by atoms with Crippen LogP contribution in [0.5, 0.6) is 0 Å². The van der Waals surface area contributed by atoms with Gasteiger partial charge in [-0.1, -0.05) is 0 Å². The van der Waals surface area contributed by atoms with Crippen molar-refractivity contribution in [3.63, 3.8) is 0 Å². The van der Waals surface area contributed by atoms with Crippen LogP contribution in [-0.4, -0.2) is 9.49 Å². The zero-order chi connectivity index (χ0) is 6.85. The molecule has 0 aromatic carbocycles. The first-order chi connectivity index (χ1) is 4.22. The van der Waals surface area contributed by atoms with Crippen molar-refractivity contribution in [1.82, 2.24) is 4.57 Å². The van der Waals surface area contributed by atoms with Gasteiger partial charge in [0.15, 0.2) is 0 Å². The van der Waals surface area contributed by atoms with Gasteiger partial charge in [0, 0.05) is 0 Å². The number of aromatic nitrogens is 1. The molecule has 1 aromatic rings. The SMILES string of the molecule is Cn1cc[c]c1[N+](=O)[O-]. The van der Waals surface area contributed by atoms with E-state index in [2.05, 4.69) is 6.07 Å². The van der Waals surface area contributed by atoms with E-state index in [0.717, 1.165) is 0 Å². The minimum absolute atomic E-state index is 0.00463. The molecule has 0 fully saturated rings. The van der Waals surface area contributed by atoms with Crippen LogP contribution < -0.4 is 0 Å². The smallest absolute Gasteiger partial charge is 0.330 e. The summed E-state index contributed by atoms with van der Waals surface area (Å²) in [5, 5.41) is 10.0. The predicted molar refractivity (Wildman–Crippen MR) is 30.9 cm³/mol. The van der Waals surface area contributed by atoms with E-state index in [9.17, 15) is 10.1 Å². The maximum Gasteiger partial charge on any atom is 0.330 e. The molecular weight excluding hydrogens is 120 g/mol. The lowest BCUT2D eigenvalue weighted by molar-refractivity contribution is -0.392. The number of nitro groups is 1. The van der Waals surface area contributed by atoms with E-state index in [-0.39, 0.29) is 5.82 Å². The van der Waals surface area contributed by atoms with Gasteiger partial charge in [-0.2, -0.15) is 0 Å². The summed E-state index contributed by atoms with van der Waals surface area (Å²) in [6.45, 7) is 0. The van der Waals surface area contributed by atoms with E-state index in [1.165, 1.54) is 10.6 Å². The Morgan fingerprint density at radius 2 is 2.56 bits per heavy atom. The molecule has 47 valence electrons. The fraction of sp³-hybridized carbons (Fsp3) is 0.200. The van der Waals surface area contributed by atoms with Crippen molar-refractivity contribution in [2.24, 2.45) is 7.05 Å². The normalized spacial score (nSPS) is 9.44. The van der Waals surface area contributed by atoms with Gasteiger partial charge in [0.05, 0.1) is 19.3 Å². The highest BCUT2D eigenvalue weighted by atomic mass is 16.6. The molecule has 0 amide bonds. The van der Waals surface area contributed by atoms with Gasteiger partial charge in [-0.15, -0.1) is 0 Å². The number of rotatable bonds is 1. The van der Waals surface area contributed by atoms with Crippen LogP contribution in [0.15, 0.2) is 12.3 Å². The molecule has 0 aliphatic carbocycles. The summed E-state index contributed by atoms with van der Waals surface area (Å²) in [6, 6.07) is 3.98. The summed E-state index contributed by atoms with van der Waals surface area (Å²) in [5.41, 5.74) is 0. The molecule has 0 bridgehead atoms. The van der Waals surface area contributed by atoms with Crippen molar-refractivity contribution in [1.29, 1.82) is 0 Å². The summed E-state index contributed by atoms with van der Waals surface area (Å²) in [7, 11) is 1.61. The van der Waals surface area contributed by atoms with E-state index >= 15 is 0 Å². The number of hydrogen-bond acceptors (Lipinski definition) is 2. The van der Waals surface area contributed by atoms with Crippen molar-refractivity contribution in [2.45, 2.75) is 0 Å². The van der Waals surface area contributed by atoms with Gasteiger partial charge < -0.3 is 10.1 Å². The van der Waals surface area contributed by atoms with Crippen LogP contribution in [0.1, 0.15) is 0 Å². The largest absolute Gasteiger partial charge is 0.358 e. The van der Waals surface area contributed by atoms with E-state index < -0.39 is 4.92 Å². The molecule has 0 aliphatic rings. The molecule has 0 saturated heterocycles. The van der Waals surface area contributed by atoms with Crippen molar-refractivity contribution in [2.75, 3.05) is 0 Å². The lowest BCUT2D eigenvalue weighted by Gasteiger charge is -1.90. The Morgan fingerprint density at radius 1 is 1.89 bits per heavy atom. The summed E-state index contributed by atoms with van der Waals surface area (Å²) in [4.78, 5) is 9.56. The molecule has 1 aromatic heterocycles. The van der Waals surface area contributed by atoms with E-state index in [1.807, 2.05) is 0 Å². The Morgan fingerprint density at radius 3 is 2.78 bits per heavy atom. The van der Waals surface area contributed by atoms with Crippen LogP contribution in [0.2, 0.25) is 0 Å². The van der Waals surface area contributed by atoms with Crippen LogP contribution in [0.4, 0.5) is 5.82 Å². The summed E-state index contributed by atoms with van der Waals surface area (Å²) < 4.78 is 1.40. The van der Waals surface area contributed by atoms with Gasteiger partial charge in [0.25, 0.3) is 0 Å². The van der Waals surface area contributed by atoms with Crippen molar-refractivity contribution >= 4 is 5.82 Å². The van der Waals surface area contributed by atoms with Gasteiger partial charge in [-0.05, 0) is 11.0 Å². The number of nitrogens with zero attached hydrogens (tertiary/aromatic N) is 2. The van der Waals surface area contributed by atoms with E-state index in [4.69, 9.17) is 0 Å². The maximum atomic E-state index is 10.0. The summed E-state index contributed by atoms with van der Waals surface area (Å²) >= 11 is 0. The molecule has 0 saturated carbocycles. The Labute approximate surface area is 51.9 Å². The first-order valence-electron chi connectivity index (χ1n) is 2.39. The highest BCUT2D eigenvalue weighted by molar-refractivity contribution is 5.18. The highest BCUT2D eigenvalue weighted by Gasteiger charge is 2.05. The molecule has 4 nitrogen and oxygen atoms in total. The molecule has 0 aliphatic heterocycles. The zero-order valence-electron chi connectivity index (χ0n) is 4.87. The average Bonchev–Trinajstić information content (AvgIpc) is 2.13. The Bertz CT molecular complexity index is 229. The Balaban J connectivity index is 3.08. The second-order valence-electron chi connectivity index (χ2n) is 1.65. The topological polar surface area (TPSA) is 48.1 Å². The van der Waals surface area contributed by atoms with Crippen LogP contribution in [0, 0.1) is 16.2 Å². The molecule has 0 unspecified atom stereocenters. The van der Waals surface area contributed by atoms with Gasteiger partial charge >= 0.3 is 5.82 Å². The molecule has 9 heavy (non-hydrogen) atoms. The second-order valence-corrected chi connectivity index (χ2v) is 1.65. The lowest BCUT2D eigenvalue weighted by Crippen LogP contribution is -1.94. The summed E-state index contributed by atoms with van der Waals surface area (Å²) in [5.74, 6) is -0.00463. The van der Waals surface area contributed by atoms with Gasteiger partial charge in [0.1, 0.15) is 0 Å². The number of aryl methyl sites for hydroxylation is 1. The van der Waals surface area contributed by atoms with Crippen molar-refractivity contribution in [3.8, 4) is 0 Å². The molecule has 0 atom stereocenters. The van der Waals surface area contributed by atoms with E-state index in [1.54, 1.807) is 13.2 Å². The van der Waals surface area contributed by atoms with E-state index in [0.29, 0.717) is 0 Å². The molecule has 0 spiro atoms. The minimum Gasteiger partial charge on any atom is -0.358 e. The predicted octanol–water partition coefficient (Wildman–Crippen LogP) is 0.733. The molecule has 1 radical (unpaired) electrons. The molecule has 0 N–H and O–H groups in total. The molecule has 1 heterocycles. The Kier molecular flexibility index (Phi) is 1.22. The zero-order valence-corrected chi connectivity index (χ0v) is 4.87. The third-order valence-corrected chi connectivity index (χ3v) is 1.02. The van der Waals surface area contributed by atoms with Crippen LogP contribution in [0.3, 0.4) is 0 Å². The maximum absolute atomic E-state index is 10.0. The van der Waals surface area contributed by atoms with Crippen molar-refractivity contribution < 1.29 is 4.92 Å². The lowest BCUT2D eigenvalue weighted by atomic mass is 10.6. The van der Waals surface area contributed by atoms with Crippen molar-refractivity contribution in [3.05, 3.63) is 28.4 Å². The first-order valence-corrected chi connectivity index (χ1v) is 2.39. The molecular formula is C5H5N2O2. The first kappa shape index (κ1) is 5.81.